The van der Waals surface area contributed by atoms with E-state index in [-0.39, 0.29) is 5.78 Å². The topological polar surface area (TPSA) is 17.1 Å². The fourth-order valence-corrected chi connectivity index (χ4v) is 1.67. The van der Waals surface area contributed by atoms with Gasteiger partial charge in [0.05, 0.1) is 0 Å². The van der Waals surface area contributed by atoms with Gasteiger partial charge < -0.3 is 0 Å². The van der Waals surface area contributed by atoms with Crippen LogP contribution in [0.4, 0.5) is 0 Å². The first-order valence-electron chi connectivity index (χ1n) is 4.59. The predicted octanol–water partition coefficient (Wildman–Crippen LogP) is 3.53. The molecule has 0 N–H and O–H groups in total. The van der Waals surface area contributed by atoms with Crippen molar-refractivity contribution in [3.05, 3.63) is 47.0 Å². The third-order valence-corrected chi connectivity index (χ3v) is 2.41. The van der Waals surface area contributed by atoms with E-state index in [4.69, 9.17) is 0 Å². The fourth-order valence-electron chi connectivity index (χ4n) is 1.23. The zero-order valence-electron chi connectivity index (χ0n) is 8.00. The lowest BCUT2D eigenvalue weighted by molar-refractivity contribution is -0.118. The molecule has 1 aromatic rings. The number of ketones is 1. The van der Waals surface area contributed by atoms with Gasteiger partial charge >= 0.3 is 0 Å². The Hall–Kier alpha value is -0.890. The minimum atomic E-state index is 0.267. The minimum absolute atomic E-state index is 0.267. The predicted molar refractivity (Wildman–Crippen MR) is 62.3 cm³/mol. The smallest absolute Gasteiger partial charge is 0.137 e. The van der Waals surface area contributed by atoms with Crippen molar-refractivity contribution >= 4 is 21.7 Å². The Morgan fingerprint density at radius 3 is 2.93 bits per heavy atom. The lowest BCUT2D eigenvalue weighted by Gasteiger charge is -2.00. The first-order chi connectivity index (χ1) is 6.72. The van der Waals surface area contributed by atoms with E-state index in [0.717, 1.165) is 16.5 Å². The van der Waals surface area contributed by atoms with Crippen LogP contribution in [0.25, 0.3) is 0 Å². The molecule has 0 aliphatic carbocycles. The first-order valence-corrected chi connectivity index (χ1v) is 5.38. The third kappa shape index (κ3) is 3.88. The second-order valence-electron chi connectivity index (χ2n) is 3.17. The molecule has 0 saturated carbocycles. The number of hydrogen-bond acceptors (Lipinski definition) is 1. The number of carbonyl (C=O) groups excluding carboxylic acids is 1. The average molecular weight is 253 g/mol. The molecule has 0 bridgehead atoms. The van der Waals surface area contributed by atoms with Gasteiger partial charge in [-0.15, -0.1) is 6.58 Å². The summed E-state index contributed by atoms with van der Waals surface area (Å²) < 4.78 is 1.02. The lowest BCUT2D eigenvalue weighted by atomic mass is 10.1. The Kier molecular flexibility index (Phi) is 4.60. The highest BCUT2D eigenvalue weighted by Crippen LogP contribution is 2.12. The maximum absolute atomic E-state index is 11.4. The largest absolute Gasteiger partial charge is 0.299 e. The van der Waals surface area contributed by atoms with Gasteiger partial charge in [-0.2, -0.15) is 0 Å². The molecular formula is C12H13BrO. The Balaban J connectivity index is 2.51. The SMILES string of the molecule is C=CCCC(=O)Cc1cccc(Br)c1. The summed E-state index contributed by atoms with van der Waals surface area (Å²) in [6.07, 6.45) is 3.66. The molecule has 2 heteroatoms. The summed E-state index contributed by atoms with van der Waals surface area (Å²) in [6.45, 7) is 3.59. The molecule has 74 valence electrons. The number of Topliss-reactive ketones (excluding diaryl/α,β-unsaturated/α-hetero) is 1. The van der Waals surface area contributed by atoms with Gasteiger partial charge in [-0.05, 0) is 24.1 Å². The number of hydrogen-bond donors (Lipinski definition) is 0. The van der Waals surface area contributed by atoms with Gasteiger partial charge in [-0.1, -0.05) is 34.1 Å². The minimum Gasteiger partial charge on any atom is -0.299 e. The van der Waals surface area contributed by atoms with E-state index in [1.54, 1.807) is 6.08 Å². The molecule has 14 heavy (non-hydrogen) atoms. The van der Waals surface area contributed by atoms with Gasteiger partial charge in [0.1, 0.15) is 5.78 Å². The molecule has 0 aliphatic rings. The van der Waals surface area contributed by atoms with Crippen LogP contribution in [0, 0.1) is 0 Å². The normalized spacial score (nSPS) is 9.79. The van der Waals surface area contributed by atoms with Crippen LogP contribution in [0.3, 0.4) is 0 Å². The molecule has 0 spiro atoms. The zero-order chi connectivity index (χ0) is 10.4. The maximum atomic E-state index is 11.4. The van der Waals surface area contributed by atoms with E-state index in [0.29, 0.717) is 12.8 Å². The molecule has 0 unspecified atom stereocenters. The van der Waals surface area contributed by atoms with Crippen LogP contribution in [0.2, 0.25) is 0 Å². The molecule has 0 aliphatic heterocycles. The van der Waals surface area contributed by atoms with Crippen molar-refractivity contribution in [2.45, 2.75) is 19.3 Å². The van der Waals surface area contributed by atoms with E-state index in [1.807, 2.05) is 24.3 Å². The van der Waals surface area contributed by atoms with Crippen LogP contribution in [0.1, 0.15) is 18.4 Å². The molecule has 1 rings (SSSR count). The summed E-state index contributed by atoms with van der Waals surface area (Å²) in [6, 6.07) is 7.85. The van der Waals surface area contributed by atoms with Crippen molar-refractivity contribution in [2.75, 3.05) is 0 Å². The van der Waals surface area contributed by atoms with E-state index in [1.165, 1.54) is 0 Å². The van der Waals surface area contributed by atoms with Crippen molar-refractivity contribution < 1.29 is 4.79 Å². The van der Waals surface area contributed by atoms with Gasteiger partial charge in [0.15, 0.2) is 0 Å². The lowest BCUT2D eigenvalue weighted by Crippen LogP contribution is -2.01. The van der Waals surface area contributed by atoms with Gasteiger partial charge in [0.2, 0.25) is 0 Å². The van der Waals surface area contributed by atoms with Gasteiger partial charge in [0, 0.05) is 17.3 Å². The van der Waals surface area contributed by atoms with Crippen LogP contribution >= 0.6 is 15.9 Å². The Labute approximate surface area is 93.0 Å². The molecule has 1 aromatic carbocycles. The Bertz CT molecular complexity index is 331. The monoisotopic (exact) mass is 252 g/mol. The molecule has 0 amide bonds. The number of allylic oxidation sites excluding steroid dienone is 1. The molecule has 0 saturated heterocycles. The van der Waals surface area contributed by atoms with Crippen molar-refractivity contribution in [2.24, 2.45) is 0 Å². The number of carbonyl (C=O) groups is 1. The highest BCUT2D eigenvalue weighted by Gasteiger charge is 2.02. The molecule has 1 nitrogen and oxygen atoms in total. The van der Waals surface area contributed by atoms with Crippen molar-refractivity contribution in [1.29, 1.82) is 0 Å². The summed E-state index contributed by atoms with van der Waals surface area (Å²) in [4.78, 5) is 11.4. The van der Waals surface area contributed by atoms with Crippen LogP contribution in [0.5, 0.6) is 0 Å². The van der Waals surface area contributed by atoms with Crippen LogP contribution in [0.15, 0.2) is 41.4 Å². The molecule has 0 heterocycles. The van der Waals surface area contributed by atoms with Crippen LogP contribution < -0.4 is 0 Å². The van der Waals surface area contributed by atoms with Gasteiger partial charge in [0.25, 0.3) is 0 Å². The second kappa shape index (κ2) is 5.76. The second-order valence-corrected chi connectivity index (χ2v) is 4.09. The highest BCUT2D eigenvalue weighted by molar-refractivity contribution is 9.10. The molecule has 0 aromatic heterocycles. The van der Waals surface area contributed by atoms with E-state index < -0.39 is 0 Å². The van der Waals surface area contributed by atoms with Crippen LogP contribution in [-0.4, -0.2) is 5.78 Å². The summed E-state index contributed by atoms with van der Waals surface area (Å²) in [5.41, 5.74) is 1.06. The Morgan fingerprint density at radius 1 is 1.50 bits per heavy atom. The summed E-state index contributed by atoms with van der Waals surface area (Å²) >= 11 is 3.38. The van der Waals surface area contributed by atoms with Crippen molar-refractivity contribution in [3.63, 3.8) is 0 Å². The van der Waals surface area contributed by atoms with Gasteiger partial charge in [-0.25, -0.2) is 0 Å². The number of halogens is 1. The fraction of sp³-hybridized carbons (Fsp3) is 0.250. The number of rotatable bonds is 5. The summed E-state index contributed by atoms with van der Waals surface area (Å²) in [5.74, 6) is 0.267. The molecule has 0 radical (unpaired) electrons. The van der Waals surface area contributed by atoms with Crippen LogP contribution in [-0.2, 0) is 11.2 Å². The zero-order valence-corrected chi connectivity index (χ0v) is 9.59. The molecule has 0 fully saturated rings. The maximum Gasteiger partial charge on any atom is 0.137 e. The highest BCUT2D eigenvalue weighted by atomic mass is 79.9. The van der Waals surface area contributed by atoms with E-state index in [2.05, 4.69) is 22.5 Å². The standard InChI is InChI=1S/C12H13BrO/c1-2-3-7-12(14)9-10-5-4-6-11(13)8-10/h2,4-6,8H,1,3,7,9H2. The number of benzene rings is 1. The van der Waals surface area contributed by atoms with Gasteiger partial charge in [-0.3, -0.25) is 4.79 Å². The summed E-state index contributed by atoms with van der Waals surface area (Å²) in [7, 11) is 0. The van der Waals surface area contributed by atoms with Crippen molar-refractivity contribution in [1.82, 2.24) is 0 Å². The average Bonchev–Trinajstić information content (AvgIpc) is 2.15. The Morgan fingerprint density at radius 2 is 2.29 bits per heavy atom. The molecule has 0 atom stereocenters. The van der Waals surface area contributed by atoms with Crippen molar-refractivity contribution in [3.8, 4) is 0 Å². The first kappa shape index (κ1) is 11.2. The quantitative estimate of drug-likeness (QED) is 0.733. The molecular weight excluding hydrogens is 240 g/mol. The third-order valence-electron chi connectivity index (χ3n) is 1.92. The van der Waals surface area contributed by atoms with E-state index >= 15 is 0 Å². The summed E-state index contributed by atoms with van der Waals surface area (Å²) in [5, 5.41) is 0. The van der Waals surface area contributed by atoms with E-state index in [9.17, 15) is 4.79 Å².